The molecule has 1 spiro atoms. The number of rotatable bonds is 3. The molecule has 0 aliphatic heterocycles. The minimum absolute atomic E-state index is 0.189. The average molecular weight is 604 g/mol. The van der Waals surface area contributed by atoms with E-state index in [4.69, 9.17) is 0 Å². The zero-order chi connectivity index (χ0) is 30.7. The van der Waals surface area contributed by atoms with Crippen LogP contribution in [-0.4, -0.2) is 4.57 Å². The number of hydrogen-bond donors (Lipinski definition) is 0. The van der Waals surface area contributed by atoms with Gasteiger partial charge in [-0.1, -0.05) is 115 Å². The number of para-hydroxylation sites is 1. The highest BCUT2D eigenvalue weighted by molar-refractivity contribution is 6.18. The summed E-state index contributed by atoms with van der Waals surface area (Å²) in [5, 5.41) is 2.81. The van der Waals surface area contributed by atoms with E-state index < -0.39 is 0 Å². The van der Waals surface area contributed by atoms with Crippen LogP contribution >= 0.6 is 0 Å². The largest absolute Gasteiger partial charge is 0.309 e. The lowest BCUT2D eigenvalue weighted by molar-refractivity contribution is -0.0399. The first-order valence-corrected chi connectivity index (χ1v) is 17.7. The molecule has 0 atom stereocenters. The van der Waals surface area contributed by atoms with E-state index in [-0.39, 0.29) is 5.41 Å². The Morgan fingerprint density at radius 1 is 0.447 bits per heavy atom. The summed E-state index contributed by atoms with van der Waals surface area (Å²) in [6.07, 6.45) is 7.16. The lowest BCUT2D eigenvalue weighted by Gasteiger charge is -2.61. The Kier molecular flexibility index (Phi) is 5.34. The summed E-state index contributed by atoms with van der Waals surface area (Å²) >= 11 is 0. The maximum absolute atomic E-state index is 2.57. The van der Waals surface area contributed by atoms with Gasteiger partial charge in [0.05, 0.1) is 11.0 Å². The number of benzene rings is 6. The van der Waals surface area contributed by atoms with Crippen LogP contribution < -0.4 is 0 Å². The third-order valence-electron chi connectivity index (χ3n) is 12.8. The van der Waals surface area contributed by atoms with Crippen molar-refractivity contribution < 1.29 is 0 Å². The Hall–Kier alpha value is -4.88. The van der Waals surface area contributed by atoms with Gasteiger partial charge in [0.15, 0.2) is 0 Å². The van der Waals surface area contributed by atoms with E-state index in [0.717, 1.165) is 23.7 Å². The fraction of sp³-hybridized carbons (Fsp3) is 0.217. The molecule has 4 bridgehead atoms. The lowest BCUT2D eigenvalue weighted by Crippen LogP contribution is -2.55. The molecular formula is C46H37N. The summed E-state index contributed by atoms with van der Waals surface area (Å²) in [5.74, 6) is 3.46. The number of nitrogens with zero attached hydrogens (tertiary/aromatic N) is 1. The van der Waals surface area contributed by atoms with E-state index in [1.807, 2.05) is 0 Å². The van der Waals surface area contributed by atoms with Crippen molar-refractivity contribution in [1.82, 2.24) is 4.57 Å². The zero-order valence-corrected chi connectivity index (χ0v) is 26.6. The van der Waals surface area contributed by atoms with E-state index >= 15 is 0 Å². The Balaban J connectivity index is 1.07. The standard InChI is InChI=1S/C46H37N/c1-2-8-31(9-3-1)32-14-16-33(17-15-32)34-18-20-37(21-19-34)47-42-13-7-5-11-39(42)45-43(47)23-22-41-44(45)38-10-4-6-12-40(38)46(41)35-25-29-24-30(27-35)28-36(46)26-29/h1-23,29-30,35-36H,24-28H2. The third-order valence-corrected chi connectivity index (χ3v) is 12.8. The molecule has 226 valence electrons. The second-order valence-corrected chi connectivity index (χ2v) is 14.9. The summed E-state index contributed by atoms with van der Waals surface area (Å²) in [6.45, 7) is 0. The van der Waals surface area contributed by atoms with Gasteiger partial charge in [0.1, 0.15) is 0 Å². The molecule has 5 aliphatic carbocycles. The smallest absolute Gasteiger partial charge is 0.0547 e. The molecule has 6 aromatic carbocycles. The second-order valence-electron chi connectivity index (χ2n) is 14.9. The van der Waals surface area contributed by atoms with Crippen molar-refractivity contribution in [2.75, 3.05) is 0 Å². The molecule has 0 N–H and O–H groups in total. The Labute approximate surface area is 276 Å². The molecule has 47 heavy (non-hydrogen) atoms. The van der Waals surface area contributed by atoms with E-state index in [1.165, 1.54) is 93.0 Å². The summed E-state index contributed by atoms with van der Waals surface area (Å²) < 4.78 is 2.51. The van der Waals surface area contributed by atoms with Crippen LogP contribution in [-0.2, 0) is 5.41 Å². The summed E-state index contributed by atoms with van der Waals surface area (Å²) in [6, 6.07) is 52.5. The molecule has 0 saturated heterocycles. The van der Waals surface area contributed by atoms with Crippen molar-refractivity contribution in [3.63, 3.8) is 0 Å². The summed E-state index contributed by atoms with van der Waals surface area (Å²) in [5.41, 5.74) is 15.3. The SMILES string of the molecule is c1ccc(-c2ccc(-c3ccc(-n4c5ccccc5c5c6c(ccc54)C4(c5ccccc5-6)C5CC6CC(C5)CC4C6)cc3)cc2)cc1. The summed E-state index contributed by atoms with van der Waals surface area (Å²) in [7, 11) is 0. The molecule has 4 fully saturated rings. The molecule has 1 nitrogen and oxygen atoms in total. The fourth-order valence-corrected chi connectivity index (χ4v) is 11.3. The fourth-order valence-electron chi connectivity index (χ4n) is 11.3. The first-order chi connectivity index (χ1) is 23.3. The predicted octanol–water partition coefficient (Wildman–Crippen LogP) is 11.8. The van der Waals surface area contributed by atoms with Crippen LogP contribution in [0.4, 0.5) is 0 Å². The van der Waals surface area contributed by atoms with Crippen LogP contribution in [0.5, 0.6) is 0 Å². The highest BCUT2D eigenvalue weighted by atomic mass is 15.0. The van der Waals surface area contributed by atoms with Gasteiger partial charge in [0.2, 0.25) is 0 Å². The van der Waals surface area contributed by atoms with Gasteiger partial charge in [-0.05, 0) is 125 Å². The molecule has 7 aromatic rings. The van der Waals surface area contributed by atoms with Crippen LogP contribution in [0.3, 0.4) is 0 Å². The van der Waals surface area contributed by atoms with Gasteiger partial charge in [-0.25, -0.2) is 0 Å². The van der Waals surface area contributed by atoms with E-state index in [2.05, 4.69) is 144 Å². The lowest BCUT2D eigenvalue weighted by atomic mass is 9.43. The number of fused-ring (bicyclic) bond motifs is 7. The van der Waals surface area contributed by atoms with Crippen molar-refractivity contribution in [3.8, 4) is 39.1 Å². The second kappa shape index (κ2) is 9.58. The van der Waals surface area contributed by atoms with Gasteiger partial charge in [-0.3, -0.25) is 0 Å². The predicted molar refractivity (Wildman–Crippen MR) is 195 cm³/mol. The molecule has 5 aliphatic rings. The maximum atomic E-state index is 2.57. The molecule has 12 rings (SSSR count). The van der Waals surface area contributed by atoms with Gasteiger partial charge in [-0.2, -0.15) is 0 Å². The van der Waals surface area contributed by atoms with Crippen LogP contribution in [0, 0.1) is 23.7 Å². The van der Waals surface area contributed by atoms with Crippen LogP contribution in [0.25, 0.3) is 60.9 Å². The highest BCUT2D eigenvalue weighted by Gasteiger charge is 2.61. The first-order valence-electron chi connectivity index (χ1n) is 17.7. The van der Waals surface area contributed by atoms with Gasteiger partial charge in [-0.15, -0.1) is 0 Å². The quantitative estimate of drug-likeness (QED) is 0.189. The van der Waals surface area contributed by atoms with Crippen LogP contribution in [0.1, 0.15) is 43.2 Å². The van der Waals surface area contributed by atoms with Crippen molar-refractivity contribution in [2.24, 2.45) is 23.7 Å². The van der Waals surface area contributed by atoms with Crippen molar-refractivity contribution in [1.29, 1.82) is 0 Å². The van der Waals surface area contributed by atoms with E-state index in [1.54, 1.807) is 11.1 Å². The Morgan fingerprint density at radius 2 is 1.02 bits per heavy atom. The van der Waals surface area contributed by atoms with Crippen LogP contribution in [0.15, 0.2) is 140 Å². The van der Waals surface area contributed by atoms with Gasteiger partial charge >= 0.3 is 0 Å². The number of hydrogen-bond acceptors (Lipinski definition) is 0. The molecule has 0 radical (unpaired) electrons. The monoisotopic (exact) mass is 603 g/mol. The molecule has 0 amide bonds. The zero-order valence-electron chi connectivity index (χ0n) is 26.6. The van der Waals surface area contributed by atoms with Crippen molar-refractivity contribution in [2.45, 2.75) is 37.5 Å². The van der Waals surface area contributed by atoms with Gasteiger partial charge in [0, 0.05) is 21.9 Å². The Bertz CT molecular complexity index is 2310. The molecule has 1 heterocycles. The third kappa shape index (κ3) is 3.50. The molecule has 0 unspecified atom stereocenters. The Morgan fingerprint density at radius 3 is 1.72 bits per heavy atom. The highest BCUT2D eigenvalue weighted by Crippen LogP contribution is 2.70. The molecule has 1 aromatic heterocycles. The maximum Gasteiger partial charge on any atom is 0.0547 e. The van der Waals surface area contributed by atoms with Crippen molar-refractivity contribution in [3.05, 3.63) is 151 Å². The molecular weight excluding hydrogens is 567 g/mol. The van der Waals surface area contributed by atoms with E-state index in [9.17, 15) is 0 Å². The van der Waals surface area contributed by atoms with Crippen LogP contribution in [0.2, 0.25) is 0 Å². The normalized spacial score (nSPS) is 25.1. The average Bonchev–Trinajstić information content (AvgIpc) is 3.62. The molecule has 4 saturated carbocycles. The first kappa shape index (κ1) is 26.2. The van der Waals surface area contributed by atoms with Crippen molar-refractivity contribution >= 4 is 21.8 Å². The molecule has 1 heteroatoms. The van der Waals surface area contributed by atoms with Gasteiger partial charge in [0.25, 0.3) is 0 Å². The van der Waals surface area contributed by atoms with Gasteiger partial charge < -0.3 is 4.57 Å². The van der Waals surface area contributed by atoms with E-state index in [0.29, 0.717) is 0 Å². The minimum atomic E-state index is 0.189. The topological polar surface area (TPSA) is 4.93 Å². The number of aromatic nitrogens is 1. The minimum Gasteiger partial charge on any atom is -0.309 e. The summed E-state index contributed by atoms with van der Waals surface area (Å²) in [4.78, 5) is 0.